The van der Waals surface area contributed by atoms with E-state index in [0.717, 1.165) is 0 Å². The number of hydrogen-bond acceptors (Lipinski definition) is 1. The largest absolute Gasteiger partial charge is 0.421 e. The van der Waals surface area contributed by atoms with Crippen molar-refractivity contribution in [2.75, 3.05) is 0 Å². The summed E-state index contributed by atoms with van der Waals surface area (Å²) in [5.74, 6) is 0. The first-order valence-corrected chi connectivity index (χ1v) is 4.26. The summed E-state index contributed by atoms with van der Waals surface area (Å²) >= 11 is 0. The van der Waals surface area contributed by atoms with E-state index in [4.69, 9.17) is 0 Å². The van der Waals surface area contributed by atoms with Crippen LogP contribution in [-0.2, 0) is 5.60 Å². The van der Waals surface area contributed by atoms with E-state index >= 15 is 0 Å². The van der Waals surface area contributed by atoms with Crippen LogP contribution >= 0.6 is 0 Å². The van der Waals surface area contributed by atoms with Gasteiger partial charge in [0, 0.05) is 1.43 Å². The van der Waals surface area contributed by atoms with E-state index in [1.807, 2.05) is 0 Å². The Balaban J connectivity index is 0.00000196. The second-order valence-corrected chi connectivity index (χ2v) is 3.08. The molecular formula is C10H13F3O. The number of aliphatic hydroxyl groups is 1. The van der Waals surface area contributed by atoms with Gasteiger partial charge >= 0.3 is 6.18 Å². The molecule has 0 radical (unpaired) electrons. The molecule has 1 aromatic rings. The Morgan fingerprint density at radius 3 is 2.07 bits per heavy atom. The highest BCUT2D eigenvalue weighted by molar-refractivity contribution is 5.23. The van der Waals surface area contributed by atoms with E-state index in [9.17, 15) is 18.3 Å². The molecular weight excluding hydrogens is 193 g/mol. The van der Waals surface area contributed by atoms with Crippen LogP contribution in [0.1, 0.15) is 20.3 Å². The predicted molar refractivity (Wildman–Crippen MR) is 48.8 cm³/mol. The summed E-state index contributed by atoms with van der Waals surface area (Å²) in [6.07, 6.45) is -5.02. The van der Waals surface area contributed by atoms with E-state index in [-0.39, 0.29) is 13.4 Å². The van der Waals surface area contributed by atoms with Crippen molar-refractivity contribution < 1.29 is 19.7 Å². The Labute approximate surface area is 81.7 Å². The molecule has 1 aromatic carbocycles. The Bertz CT molecular complexity index is 299. The van der Waals surface area contributed by atoms with Crippen molar-refractivity contribution in [3.63, 3.8) is 0 Å². The van der Waals surface area contributed by atoms with Gasteiger partial charge in [-0.15, -0.1) is 0 Å². The van der Waals surface area contributed by atoms with Crippen molar-refractivity contribution in [2.24, 2.45) is 0 Å². The van der Waals surface area contributed by atoms with Gasteiger partial charge < -0.3 is 5.11 Å². The van der Waals surface area contributed by atoms with Gasteiger partial charge in [-0.1, -0.05) is 37.3 Å². The summed E-state index contributed by atoms with van der Waals surface area (Å²) in [5.41, 5.74) is -2.84. The van der Waals surface area contributed by atoms with Crippen molar-refractivity contribution >= 4 is 0 Å². The molecule has 14 heavy (non-hydrogen) atoms. The Morgan fingerprint density at radius 2 is 1.71 bits per heavy atom. The van der Waals surface area contributed by atoms with Crippen molar-refractivity contribution in [1.82, 2.24) is 0 Å². The number of benzene rings is 1. The molecule has 1 nitrogen and oxygen atoms in total. The van der Waals surface area contributed by atoms with E-state index in [1.165, 1.54) is 31.2 Å². The molecule has 0 bridgehead atoms. The SMILES string of the molecule is CCC(O)(c1ccccc1)C(F)(F)F.[HH]. The van der Waals surface area contributed by atoms with Gasteiger partial charge in [0.25, 0.3) is 0 Å². The lowest BCUT2D eigenvalue weighted by molar-refractivity contribution is -0.267. The third kappa shape index (κ3) is 1.75. The van der Waals surface area contributed by atoms with Crippen LogP contribution in [0.15, 0.2) is 30.3 Å². The fourth-order valence-electron chi connectivity index (χ4n) is 1.28. The highest BCUT2D eigenvalue weighted by Gasteiger charge is 2.53. The van der Waals surface area contributed by atoms with Crippen LogP contribution in [0, 0.1) is 0 Å². The van der Waals surface area contributed by atoms with E-state index in [2.05, 4.69) is 0 Å². The first-order valence-electron chi connectivity index (χ1n) is 4.26. The zero-order valence-electron chi connectivity index (χ0n) is 7.67. The zero-order chi connectivity index (χ0) is 10.8. The Hall–Kier alpha value is -1.03. The molecule has 0 heterocycles. The average molecular weight is 206 g/mol. The first kappa shape index (κ1) is 11.0. The van der Waals surface area contributed by atoms with Crippen LogP contribution in [0.4, 0.5) is 13.2 Å². The molecule has 0 amide bonds. The van der Waals surface area contributed by atoms with Crippen molar-refractivity contribution in [3.05, 3.63) is 35.9 Å². The normalized spacial score (nSPS) is 16.4. The number of halogens is 3. The molecule has 1 N–H and O–H groups in total. The number of alkyl halides is 3. The molecule has 0 aliphatic carbocycles. The first-order chi connectivity index (χ1) is 6.42. The molecule has 1 atom stereocenters. The van der Waals surface area contributed by atoms with Gasteiger partial charge in [-0.2, -0.15) is 13.2 Å². The Morgan fingerprint density at radius 1 is 1.21 bits per heavy atom. The number of rotatable bonds is 2. The standard InChI is InChI=1S/C10H11F3O.H2/c1-2-9(14,10(11,12)13)8-6-4-3-5-7-8;/h3-7,14H,2H2,1H3;1H. The van der Waals surface area contributed by atoms with Gasteiger partial charge in [-0.05, 0) is 12.0 Å². The summed E-state index contributed by atoms with van der Waals surface area (Å²) in [6, 6.07) is 7.10. The van der Waals surface area contributed by atoms with Crippen LogP contribution in [0.2, 0.25) is 0 Å². The third-order valence-electron chi connectivity index (χ3n) is 2.23. The van der Waals surface area contributed by atoms with E-state index < -0.39 is 11.8 Å². The van der Waals surface area contributed by atoms with Crippen LogP contribution in [0.5, 0.6) is 0 Å². The lowest BCUT2D eigenvalue weighted by atomic mass is 9.90. The second kappa shape index (κ2) is 3.61. The van der Waals surface area contributed by atoms with Crippen LogP contribution in [0.25, 0.3) is 0 Å². The van der Waals surface area contributed by atoms with Crippen LogP contribution in [-0.4, -0.2) is 11.3 Å². The monoisotopic (exact) mass is 206 g/mol. The quantitative estimate of drug-likeness (QED) is 0.788. The topological polar surface area (TPSA) is 20.2 Å². The molecule has 80 valence electrons. The minimum absolute atomic E-state index is 0. The second-order valence-electron chi connectivity index (χ2n) is 3.08. The van der Waals surface area contributed by atoms with Crippen LogP contribution < -0.4 is 0 Å². The predicted octanol–water partition coefficient (Wildman–Crippen LogP) is 3.09. The lowest BCUT2D eigenvalue weighted by Gasteiger charge is -2.29. The van der Waals surface area contributed by atoms with Crippen LogP contribution in [0.3, 0.4) is 0 Å². The van der Waals surface area contributed by atoms with Gasteiger partial charge in [0.15, 0.2) is 5.60 Å². The van der Waals surface area contributed by atoms with Gasteiger partial charge in [0.05, 0.1) is 0 Å². The zero-order valence-corrected chi connectivity index (χ0v) is 7.67. The van der Waals surface area contributed by atoms with Gasteiger partial charge in [0.1, 0.15) is 0 Å². The summed E-state index contributed by atoms with van der Waals surface area (Å²) < 4.78 is 37.6. The molecule has 1 unspecified atom stereocenters. The summed E-state index contributed by atoms with van der Waals surface area (Å²) in [5, 5.41) is 9.50. The van der Waals surface area contributed by atoms with Gasteiger partial charge in [0.2, 0.25) is 0 Å². The van der Waals surface area contributed by atoms with Crippen molar-refractivity contribution in [3.8, 4) is 0 Å². The highest BCUT2D eigenvalue weighted by atomic mass is 19.4. The average Bonchev–Trinajstić information content (AvgIpc) is 2.16. The maximum atomic E-state index is 12.5. The van der Waals surface area contributed by atoms with Gasteiger partial charge in [-0.25, -0.2) is 0 Å². The molecule has 0 aromatic heterocycles. The van der Waals surface area contributed by atoms with E-state index in [0.29, 0.717) is 0 Å². The fraction of sp³-hybridized carbons (Fsp3) is 0.400. The third-order valence-corrected chi connectivity index (χ3v) is 2.23. The smallest absolute Gasteiger partial charge is 0.376 e. The summed E-state index contributed by atoms with van der Waals surface area (Å²) in [6.45, 7) is 1.31. The molecule has 4 heteroatoms. The maximum Gasteiger partial charge on any atom is 0.421 e. The molecule has 0 aliphatic heterocycles. The molecule has 0 saturated heterocycles. The molecule has 0 fully saturated rings. The Kier molecular flexibility index (Phi) is 2.85. The minimum Gasteiger partial charge on any atom is -0.376 e. The van der Waals surface area contributed by atoms with Crippen molar-refractivity contribution in [2.45, 2.75) is 25.1 Å². The molecule has 0 aliphatic rings. The number of hydrogen-bond donors (Lipinski definition) is 1. The summed E-state index contributed by atoms with van der Waals surface area (Å²) in [4.78, 5) is 0. The maximum absolute atomic E-state index is 12.5. The lowest BCUT2D eigenvalue weighted by Crippen LogP contribution is -2.41. The highest BCUT2D eigenvalue weighted by Crippen LogP contribution is 2.41. The fourth-order valence-corrected chi connectivity index (χ4v) is 1.28. The van der Waals surface area contributed by atoms with E-state index in [1.54, 1.807) is 6.07 Å². The molecule has 0 spiro atoms. The minimum atomic E-state index is -4.64. The van der Waals surface area contributed by atoms with Gasteiger partial charge in [-0.3, -0.25) is 0 Å². The molecule has 0 saturated carbocycles. The molecule has 1 rings (SSSR count). The van der Waals surface area contributed by atoms with Crippen molar-refractivity contribution in [1.29, 1.82) is 0 Å². The summed E-state index contributed by atoms with van der Waals surface area (Å²) in [7, 11) is 0.